The van der Waals surface area contributed by atoms with Crippen LogP contribution in [0.15, 0.2) is 133 Å². The Morgan fingerprint density at radius 3 is 1.52 bits per heavy atom. The maximum Gasteiger partial charge on any atom is 0.272 e. The summed E-state index contributed by atoms with van der Waals surface area (Å²) in [7, 11) is 0. The number of rotatable bonds is 12. The van der Waals surface area contributed by atoms with Crippen LogP contribution in [0.25, 0.3) is 11.4 Å². The second-order valence-electron chi connectivity index (χ2n) is 11.6. The fraction of sp³-hybridized carbons (Fsp3) is 0.150. The van der Waals surface area contributed by atoms with E-state index < -0.39 is 12.1 Å². The Bertz CT molecular complexity index is 2010. The molecule has 0 aliphatic rings. The summed E-state index contributed by atoms with van der Waals surface area (Å²) in [6.07, 6.45) is 2.43. The first-order chi connectivity index (χ1) is 24.3. The molecule has 4 aromatic carbocycles. The fourth-order valence-electron chi connectivity index (χ4n) is 5.33. The van der Waals surface area contributed by atoms with Crippen molar-refractivity contribution >= 4 is 24.4 Å². The molecule has 252 valence electrons. The number of benzene rings is 4. The minimum absolute atomic E-state index is 0.293. The maximum atomic E-state index is 12.7. The third kappa shape index (κ3) is 9.35. The van der Waals surface area contributed by atoms with Crippen LogP contribution in [0, 0.1) is 13.8 Å². The number of nitrogens with zero attached hydrogens (tertiary/aromatic N) is 4. The summed E-state index contributed by atoms with van der Waals surface area (Å²) in [5.74, 6) is -0.678. The van der Waals surface area contributed by atoms with E-state index in [4.69, 9.17) is 0 Å². The van der Waals surface area contributed by atoms with Gasteiger partial charge in [0.25, 0.3) is 11.8 Å². The molecule has 10 nitrogen and oxygen atoms in total. The van der Waals surface area contributed by atoms with Crippen molar-refractivity contribution < 1.29 is 19.2 Å². The molecule has 0 aliphatic heterocycles. The van der Waals surface area contributed by atoms with Crippen LogP contribution in [-0.2, 0) is 22.4 Å². The highest BCUT2D eigenvalue weighted by molar-refractivity contribution is 5.95. The molecule has 10 heteroatoms. The summed E-state index contributed by atoms with van der Waals surface area (Å²) in [5.41, 5.74) is 5.95. The van der Waals surface area contributed by atoms with Crippen LogP contribution in [0.4, 0.5) is 0 Å². The highest BCUT2D eigenvalue weighted by Gasteiger charge is 2.20. The number of para-hydroxylation sites is 2. The van der Waals surface area contributed by atoms with E-state index in [0.717, 1.165) is 46.5 Å². The molecule has 6 rings (SSSR count). The summed E-state index contributed by atoms with van der Waals surface area (Å²) in [6, 6.07) is 40.5. The van der Waals surface area contributed by atoms with Crippen LogP contribution < -0.4 is 10.6 Å². The molecule has 2 aromatic heterocycles. The predicted octanol–water partition coefficient (Wildman–Crippen LogP) is 5.44. The zero-order valence-electron chi connectivity index (χ0n) is 27.8. The topological polar surface area (TPSA) is 128 Å². The van der Waals surface area contributed by atoms with Gasteiger partial charge in [-0.05, 0) is 74.2 Å². The lowest BCUT2D eigenvalue weighted by molar-refractivity contribution is -0.110. The molecule has 2 heterocycles. The number of hydrogen-bond acceptors (Lipinski definition) is 6. The van der Waals surface area contributed by atoms with Gasteiger partial charge in [0, 0.05) is 5.69 Å². The first-order valence-electron chi connectivity index (χ1n) is 16.2. The van der Waals surface area contributed by atoms with Gasteiger partial charge in [-0.3, -0.25) is 9.59 Å². The van der Waals surface area contributed by atoms with Crippen LogP contribution in [0.5, 0.6) is 0 Å². The van der Waals surface area contributed by atoms with Gasteiger partial charge in [0.2, 0.25) is 0 Å². The Morgan fingerprint density at radius 1 is 0.600 bits per heavy atom. The zero-order chi connectivity index (χ0) is 35.3. The molecule has 0 radical (unpaired) electrons. The van der Waals surface area contributed by atoms with Gasteiger partial charge in [-0.25, -0.2) is 9.36 Å². The van der Waals surface area contributed by atoms with Gasteiger partial charge in [0.1, 0.15) is 18.3 Å². The molecule has 2 amide bonds. The second kappa shape index (κ2) is 17.1. The normalized spacial score (nSPS) is 11.7. The first-order valence-corrected chi connectivity index (χ1v) is 16.2. The van der Waals surface area contributed by atoms with Crippen LogP contribution in [0.3, 0.4) is 0 Å². The number of carbonyl (C=O) groups excluding carboxylic acids is 4. The van der Waals surface area contributed by atoms with Crippen molar-refractivity contribution in [3.8, 4) is 11.4 Å². The average Bonchev–Trinajstić information content (AvgIpc) is 3.75. The Kier molecular flexibility index (Phi) is 11.9. The second-order valence-corrected chi connectivity index (χ2v) is 11.6. The highest BCUT2D eigenvalue weighted by atomic mass is 16.2. The maximum absolute atomic E-state index is 12.7. The van der Waals surface area contributed by atoms with Gasteiger partial charge in [0.15, 0.2) is 5.69 Å². The van der Waals surface area contributed by atoms with E-state index in [1.807, 2.05) is 135 Å². The van der Waals surface area contributed by atoms with Crippen molar-refractivity contribution in [2.75, 3.05) is 0 Å². The van der Waals surface area contributed by atoms with Crippen LogP contribution in [0.2, 0.25) is 0 Å². The Morgan fingerprint density at radius 2 is 1.04 bits per heavy atom. The van der Waals surface area contributed by atoms with E-state index in [-0.39, 0.29) is 11.8 Å². The van der Waals surface area contributed by atoms with Gasteiger partial charge in [-0.15, -0.1) is 0 Å². The number of nitrogens with one attached hydrogen (secondary N) is 2. The molecule has 0 saturated heterocycles. The van der Waals surface area contributed by atoms with Crippen molar-refractivity contribution in [3.05, 3.63) is 167 Å². The molecular weight excluding hydrogens is 628 g/mol. The van der Waals surface area contributed by atoms with Crippen molar-refractivity contribution in [2.24, 2.45) is 0 Å². The van der Waals surface area contributed by atoms with Crippen LogP contribution >= 0.6 is 0 Å². The van der Waals surface area contributed by atoms with E-state index >= 15 is 0 Å². The standard InChI is InChI=1S/2C20H19N3O2/c1-15-12-19(22-23(15)18-10-6-3-7-11-18)20(25)21-17(14-24)13-16-8-4-2-5-9-16;1-15-12-19(23(22-15)18-10-6-3-7-11-18)20(25)21-17(14-24)13-16-8-4-2-5-9-16/h2*2-12,14,17H,13H2,1H3,(H,21,25). The van der Waals surface area contributed by atoms with E-state index in [2.05, 4.69) is 20.8 Å². The highest BCUT2D eigenvalue weighted by Crippen LogP contribution is 2.14. The summed E-state index contributed by atoms with van der Waals surface area (Å²) in [4.78, 5) is 47.9. The predicted molar refractivity (Wildman–Crippen MR) is 192 cm³/mol. The molecule has 0 saturated carbocycles. The summed E-state index contributed by atoms with van der Waals surface area (Å²) >= 11 is 0. The lowest BCUT2D eigenvalue weighted by Crippen LogP contribution is -2.38. The molecule has 0 aliphatic carbocycles. The molecule has 2 N–H and O–H groups in total. The SMILES string of the molecule is Cc1cc(C(=O)NC(C=O)Cc2ccccc2)n(-c2ccccc2)n1.Cc1cc(C(=O)NC(C=O)Cc2ccccc2)nn1-c1ccccc1. The molecular formula is C40H38N6O4. The van der Waals surface area contributed by atoms with E-state index in [1.54, 1.807) is 21.5 Å². The lowest BCUT2D eigenvalue weighted by Gasteiger charge is -2.14. The first kappa shape index (κ1) is 34.9. The number of carbonyl (C=O) groups is 4. The lowest BCUT2D eigenvalue weighted by atomic mass is 10.1. The average molecular weight is 667 g/mol. The fourth-order valence-corrected chi connectivity index (χ4v) is 5.33. The molecule has 2 atom stereocenters. The molecule has 0 bridgehead atoms. The largest absolute Gasteiger partial charge is 0.341 e. The van der Waals surface area contributed by atoms with Gasteiger partial charge in [0.05, 0.1) is 29.2 Å². The number of aldehydes is 2. The van der Waals surface area contributed by atoms with Gasteiger partial charge in [-0.1, -0.05) is 97.1 Å². The number of aryl methyl sites for hydroxylation is 2. The number of amides is 2. The van der Waals surface area contributed by atoms with Crippen molar-refractivity contribution in [3.63, 3.8) is 0 Å². The third-order valence-electron chi connectivity index (χ3n) is 7.74. The summed E-state index contributed by atoms with van der Waals surface area (Å²) in [5, 5.41) is 14.3. The quantitative estimate of drug-likeness (QED) is 0.168. The minimum atomic E-state index is -0.589. The summed E-state index contributed by atoms with van der Waals surface area (Å²) < 4.78 is 3.30. The molecule has 6 aromatic rings. The Labute approximate surface area is 290 Å². The monoisotopic (exact) mass is 666 g/mol. The van der Waals surface area contributed by atoms with E-state index in [9.17, 15) is 19.2 Å². The smallest absolute Gasteiger partial charge is 0.272 e. The minimum Gasteiger partial charge on any atom is -0.341 e. The summed E-state index contributed by atoms with van der Waals surface area (Å²) in [6.45, 7) is 3.72. The van der Waals surface area contributed by atoms with Gasteiger partial charge in [-0.2, -0.15) is 10.2 Å². The molecule has 0 fully saturated rings. The van der Waals surface area contributed by atoms with E-state index in [0.29, 0.717) is 24.2 Å². The van der Waals surface area contributed by atoms with Gasteiger partial charge >= 0.3 is 0 Å². The molecule has 0 spiro atoms. The van der Waals surface area contributed by atoms with Gasteiger partial charge < -0.3 is 20.2 Å². The number of hydrogen-bond donors (Lipinski definition) is 2. The molecule has 50 heavy (non-hydrogen) atoms. The van der Waals surface area contributed by atoms with Crippen molar-refractivity contribution in [1.29, 1.82) is 0 Å². The zero-order valence-corrected chi connectivity index (χ0v) is 27.8. The van der Waals surface area contributed by atoms with Crippen LogP contribution in [0.1, 0.15) is 43.5 Å². The van der Waals surface area contributed by atoms with E-state index in [1.165, 1.54) is 0 Å². The Balaban J connectivity index is 0.000000194. The van der Waals surface area contributed by atoms with Crippen molar-refractivity contribution in [2.45, 2.75) is 38.8 Å². The number of aromatic nitrogens is 4. The van der Waals surface area contributed by atoms with Crippen molar-refractivity contribution in [1.82, 2.24) is 30.2 Å². The van der Waals surface area contributed by atoms with Crippen LogP contribution in [-0.4, -0.2) is 56.0 Å². The third-order valence-corrected chi connectivity index (χ3v) is 7.74. The molecule has 2 unspecified atom stereocenters. The Hall–Kier alpha value is -6.42.